The monoisotopic (exact) mass is 417 g/mol. The Bertz CT molecular complexity index is 952. The topological polar surface area (TPSA) is 111 Å². The van der Waals surface area contributed by atoms with Crippen LogP contribution < -0.4 is 11.1 Å². The molecule has 1 unspecified atom stereocenters. The van der Waals surface area contributed by atoms with E-state index < -0.39 is 49.2 Å². The van der Waals surface area contributed by atoms with Crippen molar-refractivity contribution < 1.29 is 26.7 Å². The van der Waals surface area contributed by atoms with E-state index in [0.29, 0.717) is 0 Å². The summed E-state index contributed by atoms with van der Waals surface area (Å²) in [5.74, 6) is -3.27. The molecule has 3 N–H and O–H groups in total. The van der Waals surface area contributed by atoms with E-state index in [0.717, 1.165) is 12.1 Å². The van der Waals surface area contributed by atoms with Gasteiger partial charge in [-0.2, -0.15) is 0 Å². The number of anilines is 1. The lowest BCUT2D eigenvalue weighted by atomic mass is 9.92. The van der Waals surface area contributed by atoms with Crippen LogP contribution in [0, 0.1) is 11.6 Å². The van der Waals surface area contributed by atoms with Crippen LogP contribution in [0.2, 0.25) is 0 Å². The molecule has 28 heavy (non-hydrogen) atoms. The molecule has 0 aliphatic carbocycles. The molecule has 1 heterocycles. The summed E-state index contributed by atoms with van der Waals surface area (Å²) in [5, 5.41) is 2.36. The Balaban J connectivity index is 2.62. The van der Waals surface area contributed by atoms with Gasteiger partial charge in [0.15, 0.2) is 21.5 Å². The van der Waals surface area contributed by atoms with Crippen molar-refractivity contribution in [2.75, 3.05) is 11.5 Å². The predicted molar refractivity (Wildman–Crippen MR) is 103 cm³/mol. The number of alkyl carbamates (subject to hydrolysis) is 1. The number of sulfone groups is 1. The highest BCUT2D eigenvalue weighted by Crippen LogP contribution is 2.39. The maximum atomic E-state index is 14.5. The molecule has 0 bridgehead atoms. The van der Waals surface area contributed by atoms with Crippen LogP contribution in [0.15, 0.2) is 17.1 Å². The molecule has 1 aliphatic rings. The van der Waals surface area contributed by atoms with Crippen LogP contribution >= 0.6 is 0 Å². The number of ether oxygens (including phenoxy) is 1. The lowest BCUT2D eigenvalue weighted by molar-refractivity contribution is 0.0560. The van der Waals surface area contributed by atoms with Crippen molar-refractivity contribution in [1.29, 1.82) is 0 Å². The Hall–Kier alpha value is -2.23. The van der Waals surface area contributed by atoms with Crippen molar-refractivity contribution in [2.45, 2.75) is 57.4 Å². The van der Waals surface area contributed by atoms with Crippen molar-refractivity contribution in [3.8, 4) is 0 Å². The van der Waals surface area contributed by atoms with Crippen molar-refractivity contribution in [3.05, 3.63) is 29.3 Å². The molecule has 0 spiro atoms. The lowest BCUT2D eigenvalue weighted by Gasteiger charge is -2.39. The SMILES string of the molecule is CC(C)(C)OC(=O)NC1=NC(C)(c2cc(N)cc(F)c2F)CS(=O)(=O)C1(C)C. The van der Waals surface area contributed by atoms with E-state index in [1.54, 1.807) is 20.8 Å². The first-order chi connectivity index (χ1) is 12.5. The largest absolute Gasteiger partial charge is 0.444 e. The number of amidine groups is 1. The van der Waals surface area contributed by atoms with Crippen LogP contribution in [0.1, 0.15) is 47.1 Å². The van der Waals surface area contributed by atoms with E-state index in [1.807, 2.05) is 0 Å². The van der Waals surface area contributed by atoms with E-state index in [9.17, 15) is 22.0 Å². The molecule has 7 nitrogen and oxygen atoms in total. The number of benzene rings is 1. The number of nitrogens with zero attached hydrogens (tertiary/aromatic N) is 1. The molecule has 0 radical (unpaired) electrons. The second-order valence-electron chi connectivity index (χ2n) is 8.49. The molecular weight excluding hydrogens is 392 g/mol. The standard InChI is InChI=1S/C18H25F2N3O4S/c1-16(2,3)27-15(24)22-14-17(4,5)28(25,26)9-18(6,23-14)11-7-10(21)8-12(19)13(11)20/h7-8H,9,21H2,1-6H3,(H,22,23,24). The van der Waals surface area contributed by atoms with E-state index >= 15 is 0 Å². The number of aliphatic imine (C=N–C) groups is 1. The molecular formula is C18H25F2N3O4S. The van der Waals surface area contributed by atoms with Crippen LogP contribution in [0.3, 0.4) is 0 Å². The van der Waals surface area contributed by atoms with Crippen molar-refractivity contribution in [3.63, 3.8) is 0 Å². The van der Waals surface area contributed by atoms with Gasteiger partial charge in [0, 0.05) is 11.3 Å². The minimum atomic E-state index is -3.93. The molecule has 1 aliphatic heterocycles. The van der Waals surface area contributed by atoms with Crippen molar-refractivity contribution in [2.24, 2.45) is 4.99 Å². The van der Waals surface area contributed by atoms with Crippen molar-refractivity contribution >= 4 is 27.5 Å². The van der Waals surface area contributed by atoms with E-state index in [-0.39, 0.29) is 17.1 Å². The van der Waals surface area contributed by atoms with Gasteiger partial charge in [-0.25, -0.2) is 22.0 Å². The number of carbonyl (C=O) groups is 1. The van der Waals surface area contributed by atoms with Gasteiger partial charge in [0.2, 0.25) is 0 Å². The molecule has 0 aromatic heterocycles. The number of rotatable bonds is 1. The number of hydrogen-bond donors (Lipinski definition) is 2. The normalized spacial score (nSPS) is 23.6. The molecule has 1 atom stereocenters. The number of hydrogen-bond acceptors (Lipinski definition) is 6. The number of nitrogens with one attached hydrogen (secondary N) is 1. The number of nitrogen functional groups attached to an aromatic ring is 1. The summed E-state index contributed by atoms with van der Waals surface area (Å²) in [6, 6.07) is 1.94. The number of amides is 1. The highest BCUT2D eigenvalue weighted by atomic mass is 32.2. The second-order valence-corrected chi connectivity index (χ2v) is 11.0. The molecule has 1 amide bonds. The van der Waals surface area contributed by atoms with Gasteiger partial charge in [-0.15, -0.1) is 0 Å². The Labute approximate surface area is 163 Å². The van der Waals surface area contributed by atoms with Gasteiger partial charge in [-0.3, -0.25) is 10.3 Å². The fourth-order valence-electron chi connectivity index (χ4n) is 2.83. The fraction of sp³-hybridized carbons (Fsp3) is 0.556. The first-order valence-corrected chi connectivity index (χ1v) is 10.2. The van der Waals surface area contributed by atoms with Gasteiger partial charge in [0.25, 0.3) is 0 Å². The molecule has 156 valence electrons. The van der Waals surface area contributed by atoms with E-state index in [2.05, 4.69) is 10.3 Å². The number of carbonyl (C=O) groups excluding carboxylic acids is 1. The van der Waals surface area contributed by atoms with Crippen LogP contribution in [-0.2, 0) is 20.1 Å². The van der Waals surface area contributed by atoms with Crippen LogP contribution in [0.25, 0.3) is 0 Å². The molecule has 1 aromatic carbocycles. The quantitative estimate of drug-likeness (QED) is 0.683. The highest BCUT2D eigenvalue weighted by Gasteiger charge is 2.51. The molecule has 2 rings (SSSR count). The average Bonchev–Trinajstić information content (AvgIpc) is 2.46. The summed E-state index contributed by atoms with van der Waals surface area (Å²) >= 11 is 0. The molecule has 0 saturated heterocycles. The van der Waals surface area contributed by atoms with Gasteiger partial charge >= 0.3 is 6.09 Å². The summed E-state index contributed by atoms with van der Waals surface area (Å²) in [6.45, 7) is 9.02. The minimum Gasteiger partial charge on any atom is -0.444 e. The average molecular weight is 417 g/mol. The second kappa shape index (κ2) is 6.68. The van der Waals surface area contributed by atoms with Crippen molar-refractivity contribution in [1.82, 2.24) is 5.32 Å². The van der Waals surface area contributed by atoms with E-state index in [1.165, 1.54) is 20.8 Å². The third-order valence-corrected chi connectivity index (χ3v) is 7.12. The minimum absolute atomic E-state index is 0.0748. The summed E-state index contributed by atoms with van der Waals surface area (Å²) in [5.41, 5.74) is 2.70. The Morgan fingerprint density at radius 1 is 1.25 bits per heavy atom. The highest BCUT2D eigenvalue weighted by molar-refractivity contribution is 7.93. The zero-order valence-corrected chi connectivity index (χ0v) is 17.5. The fourth-order valence-corrected chi connectivity index (χ4v) is 4.54. The maximum Gasteiger partial charge on any atom is 0.413 e. The third kappa shape index (κ3) is 4.11. The lowest BCUT2D eigenvalue weighted by Crippen LogP contribution is -2.58. The Kier molecular flexibility index (Phi) is 5.26. The van der Waals surface area contributed by atoms with Gasteiger partial charge in [-0.1, -0.05) is 0 Å². The summed E-state index contributed by atoms with van der Waals surface area (Å²) < 4.78 is 57.8. The predicted octanol–water partition coefficient (Wildman–Crippen LogP) is 2.89. The molecule has 1 aromatic rings. The molecule has 0 saturated carbocycles. The maximum absolute atomic E-state index is 14.5. The van der Waals surface area contributed by atoms with Crippen LogP contribution in [0.4, 0.5) is 19.3 Å². The van der Waals surface area contributed by atoms with Gasteiger partial charge in [-0.05, 0) is 53.7 Å². The summed E-state index contributed by atoms with van der Waals surface area (Å²) in [6.07, 6.45) is -0.905. The molecule has 10 heteroatoms. The smallest absolute Gasteiger partial charge is 0.413 e. The molecule has 0 fully saturated rings. The number of nitrogens with two attached hydrogens (primary N) is 1. The first kappa shape index (κ1) is 22.1. The van der Waals surface area contributed by atoms with Gasteiger partial charge in [0.05, 0.1) is 5.75 Å². The van der Waals surface area contributed by atoms with E-state index in [4.69, 9.17) is 10.5 Å². The van der Waals surface area contributed by atoms with Crippen LogP contribution in [-0.4, -0.2) is 36.4 Å². The Morgan fingerprint density at radius 2 is 1.82 bits per heavy atom. The third-order valence-electron chi connectivity index (χ3n) is 4.43. The van der Waals surface area contributed by atoms with Gasteiger partial charge < -0.3 is 10.5 Å². The van der Waals surface area contributed by atoms with Crippen LogP contribution in [0.5, 0.6) is 0 Å². The van der Waals surface area contributed by atoms with Gasteiger partial charge in [0.1, 0.15) is 21.7 Å². The zero-order valence-electron chi connectivity index (χ0n) is 16.7. The first-order valence-electron chi connectivity index (χ1n) is 8.56. The summed E-state index contributed by atoms with van der Waals surface area (Å²) in [7, 11) is -3.93. The Morgan fingerprint density at radius 3 is 2.36 bits per heavy atom. The summed E-state index contributed by atoms with van der Waals surface area (Å²) in [4.78, 5) is 16.5. The number of halogens is 2. The zero-order chi connectivity index (χ0) is 21.7.